The first kappa shape index (κ1) is 13.0. The molecule has 0 aliphatic carbocycles. The summed E-state index contributed by atoms with van der Waals surface area (Å²) in [5.41, 5.74) is 0.584. The molecule has 0 saturated heterocycles. The molecule has 0 fully saturated rings. The fraction of sp³-hybridized carbons (Fsp3) is 0.200. The van der Waals surface area contributed by atoms with E-state index in [1.807, 2.05) is 0 Å². The molecular formula is C10H8F3N5O. The number of hydrogen-bond acceptors (Lipinski definition) is 6. The van der Waals surface area contributed by atoms with E-state index in [9.17, 15) is 13.2 Å². The van der Waals surface area contributed by atoms with E-state index < -0.39 is 12.8 Å². The molecule has 19 heavy (non-hydrogen) atoms. The van der Waals surface area contributed by atoms with Crippen molar-refractivity contribution in [2.75, 3.05) is 11.9 Å². The number of rotatable bonds is 4. The predicted molar refractivity (Wildman–Crippen MR) is 58.9 cm³/mol. The lowest BCUT2D eigenvalue weighted by molar-refractivity contribution is -0.154. The van der Waals surface area contributed by atoms with Crippen LogP contribution in [0.25, 0.3) is 0 Å². The zero-order valence-corrected chi connectivity index (χ0v) is 9.42. The number of anilines is 2. The van der Waals surface area contributed by atoms with Gasteiger partial charge in [0.2, 0.25) is 5.88 Å². The van der Waals surface area contributed by atoms with Gasteiger partial charge in [0.05, 0.1) is 30.5 Å². The molecule has 0 aliphatic rings. The van der Waals surface area contributed by atoms with Crippen LogP contribution in [0.5, 0.6) is 5.88 Å². The lowest BCUT2D eigenvalue weighted by Gasteiger charge is -2.08. The highest BCUT2D eigenvalue weighted by molar-refractivity contribution is 5.52. The molecule has 1 N–H and O–H groups in total. The van der Waals surface area contributed by atoms with Crippen LogP contribution in [0.3, 0.4) is 0 Å². The molecule has 0 spiro atoms. The van der Waals surface area contributed by atoms with Gasteiger partial charge in [0.25, 0.3) is 0 Å². The summed E-state index contributed by atoms with van der Waals surface area (Å²) in [5.74, 6) is 0.140. The van der Waals surface area contributed by atoms with Gasteiger partial charge in [0.15, 0.2) is 6.61 Å². The Morgan fingerprint density at radius 2 is 1.79 bits per heavy atom. The largest absolute Gasteiger partial charge is 0.467 e. The fourth-order valence-electron chi connectivity index (χ4n) is 1.12. The van der Waals surface area contributed by atoms with Crippen LogP contribution in [0, 0.1) is 0 Å². The number of halogens is 3. The Bertz CT molecular complexity index is 517. The molecule has 0 atom stereocenters. The van der Waals surface area contributed by atoms with E-state index in [4.69, 9.17) is 0 Å². The Morgan fingerprint density at radius 3 is 2.37 bits per heavy atom. The van der Waals surface area contributed by atoms with Crippen molar-refractivity contribution in [1.82, 2.24) is 19.9 Å². The highest BCUT2D eigenvalue weighted by atomic mass is 19.4. The van der Waals surface area contributed by atoms with Gasteiger partial charge in [-0.25, -0.2) is 19.9 Å². The Kier molecular flexibility index (Phi) is 3.74. The second-order valence-corrected chi connectivity index (χ2v) is 3.40. The van der Waals surface area contributed by atoms with Crippen LogP contribution >= 0.6 is 0 Å². The third-order valence-electron chi connectivity index (χ3n) is 1.84. The van der Waals surface area contributed by atoms with Gasteiger partial charge in [-0.3, -0.25) is 0 Å². The van der Waals surface area contributed by atoms with Gasteiger partial charge in [-0.1, -0.05) is 0 Å². The molecule has 6 nitrogen and oxygen atoms in total. The minimum atomic E-state index is -4.40. The summed E-state index contributed by atoms with van der Waals surface area (Å²) in [6, 6.07) is 0. The predicted octanol–water partition coefficient (Wildman–Crippen LogP) is 1.95. The SMILES string of the molecule is FC(F)(F)COc1cnc(Nc2cncnc2)cn1. The summed E-state index contributed by atoms with van der Waals surface area (Å²) in [5, 5.41) is 2.83. The minimum Gasteiger partial charge on any atom is -0.467 e. The van der Waals surface area contributed by atoms with Crippen molar-refractivity contribution in [2.45, 2.75) is 6.18 Å². The molecule has 2 heterocycles. The maximum atomic E-state index is 11.9. The van der Waals surface area contributed by atoms with Crippen molar-refractivity contribution in [1.29, 1.82) is 0 Å². The third kappa shape index (κ3) is 4.37. The van der Waals surface area contributed by atoms with Gasteiger partial charge >= 0.3 is 6.18 Å². The molecule has 0 radical (unpaired) electrons. The van der Waals surface area contributed by atoms with Gasteiger partial charge in [-0.2, -0.15) is 13.2 Å². The lowest BCUT2D eigenvalue weighted by Crippen LogP contribution is -2.19. The third-order valence-corrected chi connectivity index (χ3v) is 1.84. The molecule has 2 rings (SSSR count). The lowest BCUT2D eigenvalue weighted by atomic mass is 10.5. The van der Waals surface area contributed by atoms with E-state index in [1.165, 1.54) is 24.9 Å². The van der Waals surface area contributed by atoms with Crippen molar-refractivity contribution in [3.05, 3.63) is 31.1 Å². The molecule has 100 valence electrons. The van der Waals surface area contributed by atoms with E-state index in [0.717, 1.165) is 6.20 Å². The maximum absolute atomic E-state index is 11.9. The second-order valence-electron chi connectivity index (χ2n) is 3.40. The van der Waals surface area contributed by atoms with Crippen LogP contribution in [0.2, 0.25) is 0 Å². The average Bonchev–Trinajstić information content (AvgIpc) is 2.38. The minimum absolute atomic E-state index is 0.202. The highest BCUT2D eigenvalue weighted by Crippen LogP contribution is 2.17. The quantitative estimate of drug-likeness (QED) is 0.916. The second kappa shape index (κ2) is 5.46. The van der Waals surface area contributed by atoms with Crippen molar-refractivity contribution < 1.29 is 17.9 Å². The smallest absolute Gasteiger partial charge is 0.422 e. The van der Waals surface area contributed by atoms with Crippen LogP contribution in [-0.4, -0.2) is 32.7 Å². The molecule has 0 aliphatic heterocycles. The van der Waals surface area contributed by atoms with E-state index >= 15 is 0 Å². The zero-order chi connectivity index (χ0) is 13.7. The average molecular weight is 271 g/mol. The molecule has 0 amide bonds. The summed E-state index contributed by atoms with van der Waals surface area (Å²) < 4.78 is 40.2. The molecule has 9 heteroatoms. The Morgan fingerprint density at radius 1 is 1.05 bits per heavy atom. The standard InChI is InChI=1S/C10H8F3N5O/c11-10(12,13)5-19-9-4-16-8(3-17-9)18-7-1-14-6-15-2-7/h1-4,6H,5H2,(H,16,18). The number of nitrogens with zero attached hydrogens (tertiary/aromatic N) is 4. The number of alkyl halides is 3. The van der Waals surface area contributed by atoms with E-state index in [0.29, 0.717) is 11.5 Å². The fourth-order valence-corrected chi connectivity index (χ4v) is 1.12. The number of aromatic nitrogens is 4. The number of nitrogens with one attached hydrogen (secondary N) is 1. The van der Waals surface area contributed by atoms with Gasteiger partial charge in [-0.15, -0.1) is 0 Å². The molecule has 0 saturated carbocycles. The Labute approximate surface area is 105 Å². The molecular weight excluding hydrogens is 263 g/mol. The van der Waals surface area contributed by atoms with Crippen molar-refractivity contribution in [2.24, 2.45) is 0 Å². The maximum Gasteiger partial charge on any atom is 0.422 e. The van der Waals surface area contributed by atoms with Crippen LogP contribution < -0.4 is 10.1 Å². The topological polar surface area (TPSA) is 72.8 Å². The van der Waals surface area contributed by atoms with Gasteiger partial charge in [0.1, 0.15) is 12.1 Å². The van der Waals surface area contributed by atoms with Crippen LogP contribution in [0.1, 0.15) is 0 Å². The van der Waals surface area contributed by atoms with E-state index in [1.54, 1.807) is 0 Å². The first-order chi connectivity index (χ1) is 9.03. The van der Waals surface area contributed by atoms with Crippen LogP contribution in [-0.2, 0) is 0 Å². The summed E-state index contributed by atoms with van der Waals surface area (Å²) in [6.07, 6.45) is 2.34. The van der Waals surface area contributed by atoms with E-state index in [-0.39, 0.29) is 5.88 Å². The van der Waals surface area contributed by atoms with E-state index in [2.05, 4.69) is 30.0 Å². The highest BCUT2D eigenvalue weighted by Gasteiger charge is 2.28. The van der Waals surface area contributed by atoms with Gasteiger partial charge in [0, 0.05) is 0 Å². The summed E-state index contributed by atoms with van der Waals surface area (Å²) >= 11 is 0. The molecule has 2 aromatic heterocycles. The van der Waals surface area contributed by atoms with Crippen LogP contribution in [0.15, 0.2) is 31.1 Å². The van der Waals surface area contributed by atoms with Crippen molar-refractivity contribution in [3.63, 3.8) is 0 Å². The Hall–Kier alpha value is -2.45. The first-order valence-electron chi connectivity index (χ1n) is 5.06. The van der Waals surface area contributed by atoms with Crippen molar-refractivity contribution in [3.8, 4) is 5.88 Å². The monoisotopic (exact) mass is 271 g/mol. The number of ether oxygens (including phenoxy) is 1. The van der Waals surface area contributed by atoms with Gasteiger partial charge < -0.3 is 10.1 Å². The summed E-state index contributed by atoms with van der Waals surface area (Å²) in [4.78, 5) is 15.1. The molecule has 0 bridgehead atoms. The van der Waals surface area contributed by atoms with Crippen LogP contribution in [0.4, 0.5) is 24.7 Å². The number of hydrogen-bond donors (Lipinski definition) is 1. The molecule has 0 aromatic carbocycles. The normalized spacial score (nSPS) is 11.1. The summed E-state index contributed by atoms with van der Waals surface area (Å²) in [7, 11) is 0. The summed E-state index contributed by atoms with van der Waals surface area (Å²) in [6.45, 7) is -1.40. The van der Waals surface area contributed by atoms with Crippen molar-refractivity contribution >= 4 is 11.5 Å². The molecule has 2 aromatic rings. The first-order valence-corrected chi connectivity index (χ1v) is 5.06. The zero-order valence-electron chi connectivity index (χ0n) is 9.42. The molecule has 0 unspecified atom stereocenters. The Balaban J connectivity index is 1.95. The van der Waals surface area contributed by atoms with Gasteiger partial charge in [-0.05, 0) is 0 Å².